The van der Waals surface area contributed by atoms with Crippen LogP contribution in [0, 0.1) is 24.1 Å². The van der Waals surface area contributed by atoms with Crippen LogP contribution in [0.1, 0.15) is 23.4 Å². The molecule has 1 rings (SSSR count). The summed E-state index contributed by atoms with van der Waals surface area (Å²) in [5.74, 6) is -0.832. The third-order valence-electron chi connectivity index (χ3n) is 1.57. The first-order valence-corrected chi connectivity index (χ1v) is 3.41. The van der Waals surface area contributed by atoms with Crippen molar-refractivity contribution >= 4 is 0 Å². The van der Waals surface area contributed by atoms with Crippen molar-refractivity contribution in [3.8, 4) is 6.07 Å². The van der Waals surface area contributed by atoms with E-state index in [1.54, 1.807) is 0 Å². The Morgan fingerprint density at radius 3 is 2.62 bits per heavy atom. The molecule has 0 unspecified atom stereocenters. The molecule has 0 saturated heterocycles. The topological polar surface area (TPSA) is 36.7 Å². The fraction of sp³-hybridized carbons (Fsp3) is 0.250. The van der Waals surface area contributed by atoms with Crippen LogP contribution >= 0.6 is 0 Å². The van der Waals surface area contributed by atoms with E-state index in [9.17, 15) is 13.2 Å². The summed E-state index contributed by atoms with van der Waals surface area (Å²) in [5, 5.41) is 8.34. The summed E-state index contributed by atoms with van der Waals surface area (Å²) in [5.41, 5.74) is -1.22. The average Bonchev–Trinajstić information content (AvgIpc) is 2.09. The Morgan fingerprint density at radius 2 is 2.15 bits per heavy atom. The average molecular weight is 186 g/mol. The fourth-order valence-corrected chi connectivity index (χ4v) is 0.866. The maximum atomic E-state index is 12.9. The van der Waals surface area contributed by atoms with E-state index in [4.69, 9.17) is 5.26 Å². The van der Waals surface area contributed by atoms with Gasteiger partial charge in [0.15, 0.2) is 0 Å². The summed E-state index contributed by atoms with van der Waals surface area (Å²) in [6.07, 6.45) is -2.86. The molecule has 0 aromatic carbocycles. The SMILES string of the molecule is Cc1c(F)cc(C#N)nc1C(F)F. The van der Waals surface area contributed by atoms with Gasteiger partial charge in [-0.15, -0.1) is 0 Å². The van der Waals surface area contributed by atoms with Gasteiger partial charge in [0.25, 0.3) is 6.43 Å². The van der Waals surface area contributed by atoms with Gasteiger partial charge in [-0.25, -0.2) is 18.2 Å². The molecule has 2 nitrogen and oxygen atoms in total. The van der Waals surface area contributed by atoms with Crippen molar-refractivity contribution < 1.29 is 13.2 Å². The van der Waals surface area contributed by atoms with E-state index < -0.39 is 17.9 Å². The number of aromatic nitrogens is 1. The standard InChI is InChI=1S/C8H5F3N2/c1-4-6(9)2-5(3-12)13-7(4)8(10)11/h2,8H,1H3. The number of rotatable bonds is 1. The maximum Gasteiger partial charge on any atom is 0.280 e. The molecule has 1 aromatic rings. The zero-order chi connectivity index (χ0) is 10.0. The van der Waals surface area contributed by atoms with E-state index in [-0.39, 0.29) is 11.3 Å². The van der Waals surface area contributed by atoms with Gasteiger partial charge in [0.05, 0.1) is 0 Å². The molecule has 0 aliphatic rings. The van der Waals surface area contributed by atoms with E-state index in [1.807, 2.05) is 0 Å². The molecule has 13 heavy (non-hydrogen) atoms. The lowest BCUT2D eigenvalue weighted by Gasteiger charge is -2.04. The first kappa shape index (κ1) is 9.52. The van der Waals surface area contributed by atoms with Crippen molar-refractivity contribution in [3.63, 3.8) is 0 Å². The van der Waals surface area contributed by atoms with Crippen molar-refractivity contribution in [2.45, 2.75) is 13.3 Å². The van der Waals surface area contributed by atoms with Crippen LogP contribution in [-0.2, 0) is 0 Å². The number of nitriles is 1. The van der Waals surface area contributed by atoms with Crippen molar-refractivity contribution in [2.75, 3.05) is 0 Å². The Balaban J connectivity index is 3.35. The second-order valence-electron chi connectivity index (χ2n) is 2.41. The van der Waals surface area contributed by atoms with Gasteiger partial charge in [-0.1, -0.05) is 0 Å². The van der Waals surface area contributed by atoms with Gasteiger partial charge in [-0.3, -0.25) is 0 Å². The van der Waals surface area contributed by atoms with Gasteiger partial charge < -0.3 is 0 Å². The third kappa shape index (κ3) is 1.78. The van der Waals surface area contributed by atoms with Crippen LogP contribution < -0.4 is 0 Å². The summed E-state index contributed by atoms with van der Waals surface area (Å²) in [6.45, 7) is 1.20. The predicted molar refractivity (Wildman–Crippen MR) is 38.6 cm³/mol. The predicted octanol–water partition coefficient (Wildman–Crippen LogP) is 2.34. The summed E-state index contributed by atoms with van der Waals surface area (Å²) in [4.78, 5) is 3.30. The van der Waals surface area contributed by atoms with Gasteiger partial charge in [0.1, 0.15) is 23.3 Å². The molecule has 0 amide bonds. The Hall–Kier alpha value is -1.57. The van der Waals surface area contributed by atoms with Crippen LogP contribution in [0.5, 0.6) is 0 Å². The van der Waals surface area contributed by atoms with E-state index in [1.165, 1.54) is 13.0 Å². The molecule has 0 fully saturated rings. The molecule has 68 valence electrons. The molecular formula is C8H5F3N2. The first-order chi connectivity index (χ1) is 6.06. The van der Waals surface area contributed by atoms with Gasteiger partial charge >= 0.3 is 0 Å². The lowest BCUT2D eigenvalue weighted by molar-refractivity contribution is 0.144. The highest BCUT2D eigenvalue weighted by Crippen LogP contribution is 2.22. The van der Waals surface area contributed by atoms with Crippen LogP contribution in [0.3, 0.4) is 0 Å². The third-order valence-corrected chi connectivity index (χ3v) is 1.57. The molecule has 1 heterocycles. The Kier molecular flexibility index (Phi) is 2.52. The Labute approximate surface area is 72.6 Å². The molecule has 0 radical (unpaired) electrons. The van der Waals surface area contributed by atoms with Crippen molar-refractivity contribution in [3.05, 3.63) is 28.8 Å². The summed E-state index contributed by atoms with van der Waals surface area (Å²) < 4.78 is 37.2. The number of halogens is 3. The molecule has 0 aliphatic heterocycles. The second-order valence-corrected chi connectivity index (χ2v) is 2.41. The second kappa shape index (κ2) is 3.44. The van der Waals surface area contributed by atoms with Crippen LogP contribution in [0.4, 0.5) is 13.2 Å². The highest BCUT2D eigenvalue weighted by molar-refractivity contribution is 5.30. The number of pyridine rings is 1. The monoisotopic (exact) mass is 186 g/mol. The van der Waals surface area contributed by atoms with Crippen LogP contribution in [0.25, 0.3) is 0 Å². The first-order valence-electron chi connectivity index (χ1n) is 3.41. The smallest absolute Gasteiger partial charge is 0.236 e. The van der Waals surface area contributed by atoms with Gasteiger partial charge in [0.2, 0.25) is 0 Å². The maximum absolute atomic E-state index is 12.9. The summed E-state index contributed by atoms with van der Waals surface area (Å²) >= 11 is 0. The van der Waals surface area contributed by atoms with Crippen LogP contribution in [0.15, 0.2) is 6.07 Å². The number of alkyl halides is 2. The molecule has 0 aliphatic carbocycles. The highest BCUT2D eigenvalue weighted by atomic mass is 19.3. The lowest BCUT2D eigenvalue weighted by Crippen LogP contribution is -2.00. The largest absolute Gasteiger partial charge is 0.280 e. The normalized spacial score (nSPS) is 10.2. The molecule has 0 saturated carbocycles. The number of nitrogens with zero attached hydrogens (tertiary/aromatic N) is 2. The van der Waals surface area contributed by atoms with E-state index in [0.29, 0.717) is 0 Å². The summed E-state index contributed by atoms with van der Waals surface area (Å²) in [6, 6.07) is 2.34. The van der Waals surface area contributed by atoms with Crippen molar-refractivity contribution in [2.24, 2.45) is 0 Å². The van der Waals surface area contributed by atoms with Crippen LogP contribution in [-0.4, -0.2) is 4.98 Å². The van der Waals surface area contributed by atoms with Crippen molar-refractivity contribution in [1.29, 1.82) is 5.26 Å². The summed E-state index contributed by atoms with van der Waals surface area (Å²) in [7, 11) is 0. The van der Waals surface area contributed by atoms with Gasteiger partial charge in [-0.2, -0.15) is 5.26 Å². The van der Waals surface area contributed by atoms with E-state index in [0.717, 1.165) is 6.07 Å². The lowest BCUT2D eigenvalue weighted by atomic mass is 10.2. The zero-order valence-electron chi connectivity index (χ0n) is 6.68. The fourth-order valence-electron chi connectivity index (χ4n) is 0.866. The molecule has 0 bridgehead atoms. The molecule has 0 N–H and O–H groups in total. The molecule has 5 heteroatoms. The molecular weight excluding hydrogens is 181 g/mol. The minimum absolute atomic E-state index is 0.214. The molecule has 0 atom stereocenters. The van der Waals surface area contributed by atoms with Gasteiger partial charge in [-0.05, 0) is 6.92 Å². The number of hydrogen-bond acceptors (Lipinski definition) is 2. The Morgan fingerprint density at radius 1 is 1.54 bits per heavy atom. The minimum Gasteiger partial charge on any atom is -0.236 e. The van der Waals surface area contributed by atoms with Gasteiger partial charge in [0, 0.05) is 11.6 Å². The minimum atomic E-state index is -2.86. The molecule has 1 aromatic heterocycles. The van der Waals surface area contributed by atoms with Crippen LogP contribution in [0.2, 0.25) is 0 Å². The van der Waals surface area contributed by atoms with E-state index in [2.05, 4.69) is 4.98 Å². The quantitative estimate of drug-likeness (QED) is 0.674. The van der Waals surface area contributed by atoms with Crippen molar-refractivity contribution in [1.82, 2.24) is 4.98 Å². The molecule has 0 spiro atoms. The number of hydrogen-bond donors (Lipinski definition) is 0. The Bertz CT molecular complexity index is 368. The zero-order valence-corrected chi connectivity index (χ0v) is 6.68. The highest BCUT2D eigenvalue weighted by Gasteiger charge is 2.16. The van der Waals surface area contributed by atoms with E-state index >= 15 is 0 Å².